The van der Waals surface area contributed by atoms with E-state index in [9.17, 15) is 23.3 Å². The van der Waals surface area contributed by atoms with Gasteiger partial charge < -0.3 is 5.32 Å². The molecule has 0 aliphatic rings. The minimum absolute atomic E-state index is 0.0886. The van der Waals surface area contributed by atoms with Gasteiger partial charge in [0.25, 0.3) is 0 Å². The van der Waals surface area contributed by atoms with Crippen LogP contribution in [-0.4, -0.2) is 4.92 Å². The van der Waals surface area contributed by atoms with Gasteiger partial charge in [0.05, 0.1) is 15.1 Å². The molecule has 0 bridgehead atoms. The number of nitrogens with zero attached hydrogens (tertiary/aromatic N) is 1. The summed E-state index contributed by atoms with van der Waals surface area (Å²) in [6.45, 7) is 0. The molecular weight excluding hydrogens is 341 g/mol. The maximum atomic E-state index is 13.6. The van der Waals surface area contributed by atoms with E-state index in [2.05, 4.69) is 21.2 Å². The molecule has 1 N–H and O–H groups in total. The first-order valence-electron chi connectivity index (χ1n) is 5.24. The SMILES string of the molecule is O=[N+]([O-])c1c(F)cccc1Nc1cc(F)c(Br)cc1F. The Balaban J connectivity index is 2.48. The van der Waals surface area contributed by atoms with Crippen molar-refractivity contribution in [2.75, 3.05) is 5.32 Å². The summed E-state index contributed by atoms with van der Waals surface area (Å²) in [7, 11) is 0. The van der Waals surface area contributed by atoms with Crippen molar-refractivity contribution in [2.45, 2.75) is 0 Å². The third-order valence-electron chi connectivity index (χ3n) is 2.45. The third-order valence-corrected chi connectivity index (χ3v) is 3.06. The van der Waals surface area contributed by atoms with Crippen LogP contribution in [0.4, 0.5) is 30.2 Å². The van der Waals surface area contributed by atoms with Crippen molar-refractivity contribution in [2.24, 2.45) is 0 Å². The highest BCUT2D eigenvalue weighted by Crippen LogP contribution is 2.32. The van der Waals surface area contributed by atoms with Crippen molar-refractivity contribution >= 4 is 33.0 Å². The monoisotopic (exact) mass is 346 g/mol. The van der Waals surface area contributed by atoms with Gasteiger partial charge in [-0.3, -0.25) is 10.1 Å². The summed E-state index contributed by atoms with van der Waals surface area (Å²) in [4.78, 5) is 9.85. The second kappa shape index (κ2) is 5.49. The summed E-state index contributed by atoms with van der Waals surface area (Å²) in [5.74, 6) is -2.66. The van der Waals surface area contributed by atoms with Crippen LogP contribution in [0.2, 0.25) is 0 Å². The van der Waals surface area contributed by atoms with Crippen molar-refractivity contribution in [1.82, 2.24) is 0 Å². The van der Waals surface area contributed by atoms with E-state index in [4.69, 9.17) is 0 Å². The number of hydrogen-bond acceptors (Lipinski definition) is 3. The van der Waals surface area contributed by atoms with Crippen molar-refractivity contribution in [3.05, 3.63) is 62.4 Å². The highest BCUT2D eigenvalue weighted by molar-refractivity contribution is 9.10. The first kappa shape index (κ1) is 14.3. The molecule has 20 heavy (non-hydrogen) atoms. The number of nitro groups is 1. The van der Waals surface area contributed by atoms with Crippen LogP contribution in [0.15, 0.2) is 34.8 Å². The lowest BCUT2D eigenvalue weighted by molar-refractivity contribution is -0.386. The summed E-state index contributed by atoms with van der Waals surface area (Å²) in [6.07, 6.45) is 0. The lowest BCUT2D eigenvalue weighted by Crippen LogP contribution is -2.01. The molecule has 0 aliphatic heterocycles. The summed E-state index contributed by atoms with van der Waals surface area (Å²) >= 11 is 2.80. The molecule has 0 aliphatic carbocycles. The number of anilines is 2. The Morgan fingerprint density at radius 2 is 1.75 bits per heavy atom. The van der Waals surface area contributed by atoms with E-state index in [1.807, 2.05) is 0 Å². The predicted molar refractivity (Wildman–Crippen MR) is 70.4 cm³/mol. The lowest BCUT2D eigenvalue weighted by atomic mass is 10.2. The molecular formula is C12H6BrF3N2O2. The van der Waals surface area contributed by atoms with Crippen LogP contribution in [0, 0.1) is 27.6 Å². The van der Waals surface area contributed by atoms with Gasteiger partial charge in [0.2, 0.25) is 5.82 Å². The third kappa shape index (κ3) is 2.74. The van der Waals surface area contributed by atoms with Crippen LogP contribution in [0.25, 0.3) is 0 Å². The highest BCUT2D eigenvalue weighted by atomic mass is 79.9. The molecule has 0 aromatic heterocycles. The number of rotatable bonds is 3. The lowest BCUT2D eigenvalue weighted by Gasteiger charge is -2.09. The molecule has 8 heteroatoms. The minimum Gasteiger partial charge on any atom is -0.347 e. The standard InChI is InChI=1S/C12H6BrF3N2O2/c13-6-4-9(16)11(5-8(6)15)17-10-3-1-2-7(14)12(10)18(19)20/h1-5,17H. The first-order valence-corrected chi connectivity index (χ1v) is 6.04. The van der Waals surface area contributed by atoms with E-state index in [0.29, 0.717) is 0 Å². The van der Waals surface area contributed by atoms with Gasteiger partial charge >= 0.3 is 5.69 Å². The molecule has 0 amide bonds. The Morgan fingerprint density at radius 1 is 1.05 bits per heavy atom. The number of para-hydroxylation sites is 1. The molecule has 0 atom stereocenters. The summed E-state index contributed by atoms with van der Waals surface area (Å²) in [5, 5.41) is 13.1. The van der Waals surface area contributed by atoms with Crippen molar-refractivity contribution < 1.29 is 18.1 Å². The molecule has 4 nitrogen and oxygen atoms in total. The maximum Gasteiger partial charge on any atom is 0.327 e. The van der Waals surface area contributed by atoms with Crippen LogP contribution in [-0.2, 0) is 0 Å². The van der Waals surface area contributed by atoms with E-state index in [0.717, 1.165) is 18.2 Å². The van der Waals surface area contributed by atoms with Gasteiger partial charge in [0, 0.05) is 6.07 Å². The second-order valence-electron chi connectivity index (χ2n) is 3.76. The quantitative estimate of drug-likeness (QED) is 0.505. The van der Waals surface area contributed by atoms with Gasteiger partial charge in [-0.2, -0.15) is 4.39 Å². The van der Waals surface area contributed by atoms with E-state index >= 15 is 0 Å². The zero-order valence-corrected chi connectivity index (χ0v) is 11.2. The molecule has 0 fully saturated rings. The normalized spacial score (nSPS) is 10.4. The average molecular weight is 347 g/mol. The Kier molecular flexibility index (Phi) is 3.93. The molecule has 0 heterocycles. The zero-order chi connectivity index (χ0) is 14.9. The predicted octanol–water partition coefficient (Wildman–Crippen LogP) is 4.52. The van der Waals surface area contributed by atoms with Gasteiger partial charge in [-0.1, -0.05) is 6.07 Å². The molecule has 2 rings (SSSR count). The smallest absolute Gasteiger partial charge is 0.327 e. The highest BCUT2D eigenvalue weighted by Gasteiger charge is 2.21. The van der Waals surface area contributed by atoms with Crippen LogP contribution < -0.4 is 5.32 Å². The van der Waals surface area contributed by atoms with E-state index < -0.39 is 28.1 Å². The van der Waals surface area contributed by atoms with Crippen molar-refractivity contribution in [1.29, 1.82) is 0 Å². The molecule has 0 unspecified atom stereocenters. The summed E-state index contributed by atoms with van der Waals surface area (Å²) < 4.78 is 40.3. The van der Waals surface area contributed by atoms with Crippen LogP contribution in [0.3, 0.4) is 0 Å². The van der Waals surface area contributed by atoms with Crippen molar-refractivity contribution in [3.63, 3.8) is 0 Å². The largest absolute Gasteiger partial charge is 0.347 e. The number of benzene rings is 2. The Labute approximate surface area is 119 Å². The van der Waals surface area contributed by atoms with Gasteiger partial charge in [-0.15, -0.1) is 0 Å². The average Bonchev–Trinajstić information content (AvgIpc) is 2.35. The fraction of sp³-hybridized carbons (Fsp3) is 0. The van der Waals surface area contributed by atoms with Crippen LogP contribution in [0.5, 0.6) is 0 Å². The molecule has 2 aromatic rings. The fourth-order valence-corrected chi connectivity index (χ4v) is 1.88. The topological polar surface area (TPSA) is 55.2 Å². The maximum absolute atomic E-state index is 13.6. The number of halogens is 4. The first-order chi connectivity index (χ1) is 9.40. The summed E-state index contributed by atoms with van der Waals surface area (Å²) in [6, 6.07) is 5.00. The molecule has 0 saturated heterocycles. The number of nitro benzene ring substituents is 1. The van der Waals surface area contributed by atoms with Crippen LogP contribution in [0.1, 0.15) is 0 Å². The fourth-order valence-electron chi connectivity index (χ4n) is 1.57. The number of nitrogens with one attached hydrogen (secondary N) is 1. The van der Waals surface area contributed by atoms with Gasteiger partial charge in [0.15, 0.2) is 0 Å². The molecule has 0 spiro atoms. The zero-order valence-electron chi connectivity index (χ0n) is 9.66. The van der Waals surface area contributed by atoms with E-state index in [1.165, 1.54) is 12.1 Å². The number of hydrogen-bond donors (Lipinski definition) is 1. The van der Waals surface area contributed by atoms with Gasteiger partial charge in [-0.25, -0.2) is 8.78 Å². The van der Waals surface area contributed by atoms with Crippen molar-refractivity contribution in [3.8, 4) is 0 Å². The van der Waals surface area contributed by atoms with Crippen LogP contribution >= 0.6 is 15.9 Å². The molecule has 0 saturated carbocycles. The summed E-state index contributed by atoms with van der Waals surface area (Å²) in [5.41, 5.74) is -1.44. The Morgan fingerprint density at radius 3 is 2.40 bits per heavy atom. The molecule has 2 aromatic carbocycles. The van der Waals surface area contributed by atoms with E-state index in [-0.39, 0.29) is 15.8 Å². The van der Waals surface area contributed by atoms with Gasteiger partial charge in [0.1, 0.15) is 17.3 Å². The molecule has 104 valence electrons. The Hall–Kier alpha value is -2.09. The Bertz CT molecular complexity index is 695. The van der Waals surface area contributed by atoms with Gasteiger partial charge in [-0.05, 0) is 34.1 Å². The second-order valence-corrected chi connectivity index (χ2v) is 4.62. The minimum atomic E-state index is -1.07. The molecule has 0 radical (unpaired) electrons. The van der Waals surface area contributed by atoms with E-state index in [1.54, 1.807) is 0 Å².